The van der Waals surface area contributed by atoms with Crippen molar-refractivity contribution in [3.8, 4) is 16.8 Å². The largest absolute Gasteiger partial charge is 0.309 e. The maximum absolute atomic E-state index is 3.85. The van der Waals surface area contributed by atoms with Crippen molar-refractivity contribution in [3.63, 3.8) is 0 Å². The van der Waals surface area contributed by atoms with Gasteiger partial charge in [-0.15, -0.1) is 22.7 Å². The molecular formula is C51H36N4S2. The predicted octanol–water partition coefficient (Wildman–Crippen LogP) is 13.4. The average Bonchev–Trinajstić information content (AvgIpc) is 3.95. The van der Waals surface area contributed by atoms with Gasteiger partial charge in [0.2, 0.25) is 0 Å². The third-order valence-electron chi connectivity index (χ3n) is 11.7. The Hall–Kier alpha value is -6.12. The van der Waals surface area contributed by atoms with Crippen molar-refractivity contribution in [2.75, 3.05) is 0 Å². The third-order valence-corrected chi connectivity index (χ3v) is 14.1. The fourth-order valence-electron chi connectivity index (χ4n) is 9.01. The molecule has 0 aliphatic carbocycles. The molecule has 1 aliphatic rings. The second-order valence-electron chi connectivity index (χ2n) is 15.0. The molecule has 0 spiro atoms. The molecule has 272 valence electrons. The number of hydrogen-bond acceptors (Lipinski definition) is 5. The first-order valence-corrected chi connectivity index (χ1v) is 21.2. The zero-order chi connectivity index (χ0) is 37.5. The average molecular weight is 769 g/mol. The van der Waals surface area contributed by atoms with Crippen molar-refractivity contribution < 1.29 is 0 Å². The summed E-state index contributed by atoms with van der Waals surface area (Å²) in [6, 6.07) is 66.6. The normalized spacial score (nSPS) is 17.4. The van der Waals surface area contributed by atoms with Gasteiger partial charge in [0.25, 0.3) is 0 Å². The van der Waals surface area contributed by atoms with Crippen molar-refractivity contribution in [3.05, 3.63) is 199 Å². The Morgan fingerprint density at radius 2 is 0.947 bits per heavy atom. The molecule has 4 heterocycles. The molecular weight excluding hydrogens is 733 g/mol. The number of hydrogen-bond donors (Lipinski definition) is 3. The summed E-state index contributed by atoms with van der Waals surface area (Å²) >= 11 is 3.77. The topological polar surface area (TPSA) is 41.0 Å². The molecule has 0 saturated carbocycles. The van der Waals surface area contributed by atoms with Crippen molar-refractivity contribution >= 4 is 84.8 Å². The number of nitrogens with one attached hydrogen (secondary N) is 3. The van der Waals surface area contributed by atoms with E-state index in [-0.39, 0.29) is 18.5 Å². The van der Waals surface area contributed by atoms with Crippen molar-refractivity contribution in [2.45, 2.75) is 18.5 Å². The number of nitrogens with zero attached hydrogens (tertiary/aromatic N) is 1. The molecule has 6 heteroatoms. The molecule has 0 amide bonds. The summed E-state index contributed by atoms with van der Waals surface area (Å²) in [5.74, 6) is 0. The van der Waals surface area contributed by atoms with Crippen molar-refractivity contribution in [1.29, 1.82) is 0 Å². The van der Waals surface area contributed by atoms with Gasteiger partial charge in [0.1, 0.15) is 0 Å². The van der Waals surface area contributed by atoms with Crippen molar-refractivity contribution in [2.24, 2.45) is 0 Å². The van der Waals surface area contributed by atoms with Gasteiger partial charge in [0.15, 0.2) is 0 Å². The van der Waals surface area contributed by atoms with Gasteiger partial charge < -0.3 is 4.57 Å². The lowest BCUT2D eigenvalue weighted by molar-refractivity contribution is 0.203. The van der Waals surface area contributed by atoms with Crippen LogP contribution in [0.1, 0.15) is 35.2 Å². The summed E-state index contributed by atoms with van der Waals surface area (Å²) < 4.78 is 7.66. The second kappa shape index (κ2) is 13.2. The van der Waals surface area contributed by atoms with Crippen LogP contribution in [0, 0.1) is 0 Å². The minimum Gasteiger partial charge on any atom is -0.309 e. The monoisotopic (exact) mass is 768 g/mol. The van der Waals surface area contributed by atoms with Crippen LogP contribution in [0.3, 0.4) is 0 Å². The van der Waals surface area contributed by atoms with E-state index in [4.69, 9.17) is 0 Å². The minimum absolute atomic E-state index is 0.000159. The SMILES string of the molecule is c1ccc(C2NC(c3ccccc3)NC(c3ccc4c(c3)sc3ccc(-c5cccc6c5sc5ccc(-n7c8ccccc8c8ccccc87)cc56)cc34)N2)cc1. The van der Waals surface area contributed by atoms with Crippen LogP contribution in [0.2, 0.25) is 0 Å². The molecule has 0 radical (unpaired) electrons. The van der Waals surface area contributed by atoms with Gasteiger partial charge in [-0.2, -0.15) is 0 Å². The molecule has 1 saturated heterocycles. The van der Waals surface area contributed by atoms with E-state index in [1.54, 1.807) is 0 Å². The molecule has 1 aliphatic heterocycles. The van der Waals surface area contributed by atoms with Crippen LogP contribution in [0.15, 0.2) is 182 Å². The highest BCUT2D eigenvalue weighted by molar-refractivity contribution is 7.26. The van der Waals surface area contributed by atoms with Crippen LogP contribution < -0.4 is 16.0 Å². The highest BCUT2D eigenvalue weighted by atomic mass is 32.1. The van der Waals surface area contributed by atoms with Gasteiger partial charge in [-0.3, -0.25) is 16.0 Å². The molecule has 3 aromatic heterocycles. The van der Waals surface area contributed by atoms with Gasteiger partial charge in [-0.25, -0.2) is 0 Å². The minimum atomic E-state index is -0.0344. The summed E-state index contributed by atoms with van der Waals surface area (Å²) in [4.78, 5) is 0. The van der Waals surface area contributed by atoms with Gasteiger partial charge in [-0.1, -0.05) is 133 Å². The molecule has 2 atom stereocenters. The lowest BCUT2D eigenvalue weighted by Gasteiger charge is -2.39. The standard InChI is InChI=1S/C51H36N4S2/c1-3-12-31(13-4-1)49-52-50(32-14-5-2-6-15-32)54-51(53-49)34-22-25-39-41-28-33(23-26-45(41)56-47(39)29-34)36-18-11-19-40-42-30-35(24-27-46(42)57-48(36)40)55-43-20-9-7-16-37(43)38-17-8-10-21-44(38)55/h1-30,49-54H. The van der Waals surface area contributed by atoms with Crippen LogP contribution in [0.5, 0.6) is 0 Å². The van der Waals surface area contributed by atoms with Gasteiger partial charge in [0, 0.05) is 56.8 Å². The summed E-state index contributed by atoms with van der Waals surface area (Å²) in [5, 5.41) is 19.3. The lowest BCUT2D eigenvalue weighted by atomic mass is 10.00. The summed E-state index contributed by atoms with van der Waals surface area (Å²) in [6.45, 7) is 0. The van der Waals surface area contributed by atoms with E-state index in [0.29, 0.717) is 0 Å². The second-order valence-corrected chi connectivity index (χ2v) is 17.2. The fourth-order valence-corrected chi connectivity index (χ4v) is 11.4. The third kappa shape index (κ3) is 5.45. The number of aromatic nitrogens is 1. The Bertz CT molecular complexity index is 3210. The van der Waals surface area contributed by atoms with Crippen LogP contribution >= 0.6 is 22.7 Å². The Morgan fingerprint density at radius 3 is 1.65 bits per heavy atom. The number of fused-ring (bicyclic) bond motifs is 9. The van der Waals surface area contributed by atoms with E-state index in [9.17, 15) is 0 Å². The summed E-state index contributed by atoms with van der Waals surface area (Å²) in [6.07, 6.45) is -0.0341. The van der Waals surface area contributed by atoms with Gasteiger partial charge >= 0.3 is 0 Å². The quantitative estimate of drug-likeness (QED) is 0.163. The van der Waals surface area contributed by atoms with E-state index < -0.39 is 0 Å². The molecule has 12 rings (SSSR count). The molecule has 57 heavy (non-hydrogen) atoms. The Labute approximate surface area is 337 Å². The molecule has 0 bridgehead atoms. The van der Waals surface area contributed by atoms with E-state index in [0.717, 1.165) is 0 Å². The zero-order valence-electron chi connectivity index (χ0n) is 30.8. The Balaban J connectivity index is 0.920. The van der Waals surface area contributed by atoms with E-state index in [1.165, 1.54) is 95.7 Å². The first-order chi connectivity index (χ1) is 28.2. The van der Waals surface area contributed by atoms with E-state index >= 15 is 0 Å². The molecule has 3 N–H and O–H groups in total. The molecule has 1 fully saturated rings. The first-order valence-electron chi connectivity index (χ1n) is 19.5. The van der Waals surface area contributed by atoms with Crippen LogP contribution in [0.25, 0.3) is 79.0 Å². The Morgan fingerprint density at radius 1 is 0.368 bits per heavy atom. The Kier molecular flexibility index (Phi) is 7.68. The predicted molar refractivity (Wildman–Crippen MR) is 243 cm³/mol. The number of rotatable bonds is 5. The van der Waals surface area contributed by atoms with Crippen molar-refractivity contribution in [1.82, 2.24) is 20.5 Å². The maximum Gasteiger partial charge on any atom is 0.0865 e. The summed E-state index contributed by atoms with van der Waals surface area (Å²) in [7, 11) is 0. The fraction of sp³-hybridized carbons (Fsp3) is 0.0588. The molecule has 2 unspecified atom stereocenters. The highest BCUT2D eigenvalue weighted by Crippen LogP contribution is 2.44. The highest BCUT2D eigenvalue weighted by Gasteiger charge is 2.30. The molecule has 4 nitrogen and oxygen atoms in total. The smallest absolute Gasteiger partial charge is 0.0865 e. The molecule has 11 aromatic rings. The number of para-hydroxylation sites is 2. The van der Waals surface area contributed by atoms with Gasteiger partial charge in [-0.05, 0) is 76.3 Å². The van der Waals surface area contributed by atoms with E-state index in [2.05, 4.69) is 203 Å². The van der Waals surface area contributed by atoms with E-state index in [1.807, 2.05) is 22.7 Å². The number of benzene rings is 8. The lowest BCUT2D eigenvalue weighted by Crippen LogP contribution is -2.54. The number of thiophene rings is 2. The zero-order valence-corrected chi connectivity index (χ0v) is 32.4. The first kappa shape index (κ1) is 33.1. The molecule has 8 aromatic carbocycles. The maximum atomic E-state index is 3.85. The van der Waals surface area contributed by atoms with Crippen LogP contribution in [-0.4, -0.2) is 4.57 Å². The van der Waals surface area contributed by atoms with Crippen LogP contribution in [-0.2, 0) is 0 Å². The van der Waals surface area contributed by atoms with Gasteiger partial charge in [0.05, 0.1) is 29.5 Å². The van der Waals surface area contributed by atoms with Crippen LogP contribution in [0.4, 0.5) is 0 Å². The summed E-state index contributed by atoms with van der Waals surface area (Å²) in [5.41, 5.74) is 9.87.